The van der Waals surface area contributed by atoms with Gasteiger partial charge >= 0.3 is 5.97 Å². The van der Waals surface area contributed by atoms with Crippen molar-refractivity contribution in [3.8, 4) is 0 Å². The van der Waals surface area contributed by atoms with Crippen molar-refractivity contribution < 1.29 is 14.5 Å². The largest absolute Gasteiger partial charge is 0.462 e. The van der Waals surface area contributed by atoms with Gasteiger partial charge in [-0.2, -0.15) is 0 Å². The molecule has 2 saturated carbocycles. The van der Waals surface area contributed by atoms with Gasteiger partial charge in [0.25, 0.3) is 0 Å². The molecule has 0 aromatic carbocycles. The number of carbonyl (C=O) groups excluding carboxylic acids is 1. The normalized spacial score (nSPS) is 33.2. The number of nitro groups is 1. The molecule has 0 saturated heterocycles. The fourth-order valence-corrected chi connectivity index (χ4v) is 4.47. The molecule has 0 aromatic rings. The Hall–Kier alpha value is -1.39. The van der Waals surface area contributed by atoms with Crippen molar-refractivity contribution in [2.24, 2.45) is 17.3 Å². The van der Waals surface area contributed by atoms with Gasteiger partial charge < -0.3 is 4.74 Å². The molecule has 0 bridgehead atoms. The summed E-state index contributed by atoms with van der Waals surface area (Å²) in [5.74, 6) is 0.254. The molecule has 0 radical (unpaired) electrons. The molecule has 5 heteroatoms. The SMILES string of the molecule is CC(C)=C1C[C@H](OC(=O)C2CCC([N+](=O)[O-])CC2)CC[C@]1(C)C(C)C. The Balaban J connectivity index is 1.95. The summed E-state index contributed by atoms with van der Waals surface area (Å²) < 4.78 is 5.84. The topological polar surface area (TPSA) is 69.4 Å². The Morgan fingerprint density at radius 2 is 1.80 bits per heavy atom. The van der Waals surface area contributed by atoms with Gasteiger partial charge in [0.05, 0.1) is 5.92 Å². The Morgan fingerprint density at radius 3 is 2.28 bits per heavy atom. The maximum absolute atomic E-state index is 12.5. The lowest BCUT2D eigenvalue weighted by Crippen LogP contribution is -2.38. The highest BCUT2D eigenvalue weighted by Crippen LogP contribution is 2.48. The summed E-state index contributed by atoms with van der Waals surface area (Å²) in [5.41, 5.74) is 2.96. The van der Waals surface area contributed by atoms with Gasteiger partial charge in [0.15, 0.2) is 0 Å². The third-order valence-corrected chi connectivity index (χ3v) is 6.60. The summed E-state index contributed by atoms with van der Waals surface area (Å²) in [6, 6.07) is -0.484. The average molecular weight is 351 g/mol. The first kappa shape index (κ1) is 19.9. The van der Waals surface area contributed by atoms with Crippen LogP contribution in [-0.4, -0.2) is 23.0 Å². The molecule has 2 fully saturated rings. The van der Waals surface area contributed by atoms with Crippen LogP contribution in [0.2, 0.25) is 0 Å². The minimum atomic E-state index is -0.484. The Kier molecular flexibility index (Phi) is 6.28. The van der Waals surface area contributed by atoms with Gasteiger partial charge in [0, 0.05) is 24.2 Å². The van der Waals surface area contributed by atoms with Crippen molar-refractivity contribution in [3.63, 3.8) is 0 Å². The van der Waals surface area contributed by atoms with E-state index in [1.54, 1.807) is 0 Å². The average Bonchev–Trinajstić information content (AvgIpc) is 2.56. The second-order valence-electron chi connectivity index (χ2n) is 8.64. The molecule has 25 heavy (non-hydrogen) atoms. The van der Waals surface area contributed by atoms with Crippen LogP contribution >= 0.6 is 0 Å². The van der Waals surface area contributed by atoms with E-state index in [0.717, 1.165) is 19.3 Å². The monoisotopic (exact) mass is 351 g/mol. The van der Waals surface area contributed by atoms with Gasteiger partial charge in [-0.25, -0.2) is 0 Å². The van der Waals surface area contributed by atoms with Crippen molar-refractivity contribution in [1.82, 2.24) is 0 Å². The van der Waals surface area contributed by atoms with E-state index in [1.807, 2.05) is 0 Å². The highest BCUT2D eigenvalue weighted by Gasteiger charge is 2.40. The van der Waals surface area contributed by atoms with Gasteiger partial charge in [0.2, 0.25) is 6.04 Å². The van der Waals surface area contributed by atoms with Crippen molar-refractivity contribution >= 4 is 5.97 Å². The summed E-state index contributed by atoms with van der Waals surface area (Å²) in [6.45, 7) is 11.2. The second-order valence-corrected chi connectivity index (χ2v) is 8.64. The van der Waals surface area contributed by atoms with Crippen LogP contribution in [0.1, 0.15) is 79.6 Å². The minimum absolute atomic E-state index is 0.0440. The van der Waals surface area contributed by atoms with Gasteiger partial charge in [-0.15, -0.1) is 0 Å². The molecule has 2 aliphatic carbocycles. The Labute approximate surface area is 151 Å². The highest BCUT2D eigenvalue weighted by atomic mass is 16.6. The number of esters is 1. The molecule has 0 N–H and O–H groups in total. The maximum Gasteiger partial charge on any atom is 0.309 e. The fraction of sp³-hybridized carbons (Fsp3) is 0.850. The van der Waals surface area contributed by atoms with Crippen LogP contribution in [-0.2, 0) is 9.53 Å². The summed E-state index contributed by atoms with van der Waals surface area (Å²) in [5, 5.41) is 10.8. The third kappa shape index (κ3) is 4.42. The van der Waals surface area contributed by atoms with Crippen molar-refractivity contribution in [3.05, 3.63) is 21.3 Å². The first-order valence-electron chi connectivity index (χ1n) is 9.66. The van der Waals surface area contributed by atoms with Crippen molar-refractivity contribution in [1.29, 1.82) is 0 Å². The first-order valence-corrected chi connectivity index (χ1v) is 9.66. The number of rotatable bonds is 4. The summed E-state index contributed by atoms with van der Waals surface area (Å²) >= 11 is 0. The maximum atomic E-state index is 12.5. The van der Waals surface area contributed by atoms with E-state index >= 15 is 0 Å². The molecule has 2 aliphatic rings. The minimum Gasteiger partial charge on any atom is -0.462 e. The van der Waals surface area contributed by atoms with Crippen LogP contribution in [0.3, 0.4) is 0 Å². The van der Waals surface area contributed by atoms with Gasteiger partial charge in [0.1, 0.15) is 6.10 Å². The Bertz CT molecular complexity index is 542. The third-order valence-electron chi connectivity index (χ3n) is 6.60. The fourth-order valence-electron chi connectivity index (χ4n) is 4.47. The zero-order valence-corrected chi connectivity index (χ0v) is 16.3. The molecule has 0 amide bonds. The van der Waals surface area contributed by atoms with E-state index in [9.17, 15) is 14.9 Å². The number of nitrogens with zero attached hydrogens (tertiary/aromatic N) is 1. The van der Waals surface area contributed by atoms with Crippen molar-refractivity contribution in [2.45, 2.75) is 91.7 Å². The molecule has 5 nitrogen and oxygen atoms in total. The van der Waals surface area contributed by atoms with Crippen LogP contribution in [0.25, 0.3) is 0 Å². The van der Waals surface area contributed by atoms with Crippen LogP contribution in [0.15, 0.2) is 11.1 Å². The predicted octanol–water partition coefficient (Wildman–Crippen LogP) is 4.92. The number of hydrogen-bond acceptors (Lipinski definition) is 4. The van der Waals surface area contributed by atoms with Crippen LogP contribution in [0.4, 0.5) is 0 Å². The lowest BCUT2D eigenvalue weighted by Gasteiger charge is -2.44. The van der Waals surface area contributed by atoms with E-state index in [-0.39, 0.29) is 28.3 Å². The van der Waals surface area contributed by atoms with E-state index in [2.05, 4.69) is 34.6 Å². The molecule has 0 heterocycles. The number of carbonyl (C=O) groups is 1. The summed E-state index contributed by atoms with van der Waals surface area (Å²) in [7, 11) is 0. The van der Waals surface area contributed by atoms with E-state index in [4.69, 9.17) is 4.74 Å². The zero-order chi connectivity index (χ0) is 18.8. The molecule has 2 rings (SSSR count). The first-order chi connectivity index (χ1) is 11.6. The van der Waals surface area contributed by atoms with Gasteiger partial charge in [-0.05, 0) is 50.9 Å². The predicted molar refractivity (Wildman–Crippen MR) is 97.8 cm³/mol. The highest BCUT2D eigenvalue weighted by molar-refractivity contribution is 5.72. The Morgan fingerprint density at radius 1 is 1.20 bits per heavy atom. The summed E-state index contributed by atoms with van der Waals surface area (Å²) in [6.07, 6.45) is 4.86. The smallest absolute Gasteiger partial charge is 0.309 e. The van der Waals surface area contributed by atoms with Crippen LogP contribution in [0, 0.1) is 27.4 Å². The molecule has 0 unspecified atom stereocenters. The molecule has 2 atom stereocenters. The van der Waals surface area contributed by atoms with E-state index in [0.29, 0.717) is 31.6 Å². The molecule has 0 aromatic heterocycles. The van der Waals surface area contributed by atoms with Gasteiger partial charge in [-0.1, -0.05) is 31.9 Å². The molecular weight excluding hydrogens is 318 g/mol. The number of allylic oxidation sites excluding steroid dienone is 1. The second kappa shape index (κ2) is 7.88. The molecule has 0 spiro atoms. The lowest BCUT2D eigenvalue weighted by atomic mass is 9.63. The van der Waals surface area contributed by atoms with Crippen LogP contribution in [0.5, 0.6) is 0 Å². The lowest BCUT2D eigenvalue weighted by molar-refractivity contribution is -0.526. The molecule has 142 valence electrons. The quantitative estimate of drug-likeness (QED) is 0.312. The zero-order valence-electron chi connectivity index (χ0n) is 16.3. The summed E-state index contributed by atoms with van der Waals surface area (Å²) in [4.78, 5) is 23.1. The number of hydrogen-bond donors (Lipinski definition) is 0. The van der Waals surface area contributed by atoms with Gasteiger partial charge in [-0.3, -0.25) is 14.9 Å². The number of ether oxygens (including phenoxy) is 1. The van der Waals surface area contributed by atoms with Crippen LogP contribution < -0.4 is 0 Å². The molecule has 0 aliphatic heterocycles. The van der Waals surface area contributed by atoms with Crippen molar-refractivity contribution in [2.75, 3.05) is 0 Å². The molecular formula is C20H33NO4. The standard InChI is InChI=1S/C20H33NO4/c1-13(2)18-12-17(10-11-20(18,5)14(3)4)25-19(22)15-6-8-16(9-7-15)21(23)24/h14-17H,6-12H2,1-5H3/t15?,16?,17-,20-/m1/s1. The van der Waals surface area contributed by atoms with E-state index in [1.165, 1.54) is 11.1 Å². The van der Waals surface area contributed by atoms with E-state index < -0.39 is 6.04 Å².